The third-order valence-corrected chi connectivity index (χ3v) is 5.75. The van der Waals surface area contributed by atoms with Crippen LogP contribution in [0.2, 0.25) is 0 Å². The van der Waals surface area contributed by atoms with E-state index in [4.69, 9.17) is 0 Å². The second kappa shape index (κ2) is 7.52. The summed E-state index contributed by atoms with van der Waals surface area (Å²) in [5, 5.41) is 10.7. The Morgan fingerprint density at radius 2 is 1.96 bits per heavy atom. The largest absolute Gasteiger partial charge is 0.389 e. The van der Waals surface area contributed by atoms with Gasteiger partial charge in [-0.05, 0) is 44.2 Å². The Balaban J connectivity index is 1.35. The second-order valence-corrected chi connectivity index (χ2v) is 7.37. The van der Waals surface area contributed by atoms with E-state index in [0.717, 1.165) is 64.6 Å². The summed E-state index contributed by atoms with van der Waals surface area (Å²) < 4.78 is 2.19. The fourth-order valence-corrected chi connectivity index (χ4v) is 4.22. The summed E-state index contributed by atoms with van der Waals surface area (Å²) in [5.74, 6) is 0.598. The molecule has 128 valence electrons. The predicted molar refractivity (Wildman–Crippen MR) is 91.0 cm³/mol. The number of aryl methyl sites for hydroxylation is 1. The second-order valence-electron chi connectivity index (χ2n) is 7.37. The summed E-state index contributed by atoms with van der Waals surface area (Å²) in [4.78, 5) is 14.4. The fourth-order valence-electron chi connectivity index (χ4n) is 4.22. The number of unbranched alkanes of at least 4 members (excludes halogenated alkanes) is 2. The quantitative estimate of drug-likeness (QED) is 0.819. The molecule has 1 N–H and O–H groups in total. The Labute approximate surface area is 139 Å². The van der Waals surface area contributed by atoms with E-state index in [1.165, 1.54) is 6.42 Å². The number of carbonyl (C=O) groups is 1. The predicted octanol–water partition coefficient (Wildman–Crippen LogP) is 3.20. The van der Waals surface area contributed by atoms with Gasteiger partial charge in [0.05, 0.1) is 5.60 Å². The van der Waals surface area contributed by atoms with Gasteiger partial charge in [0.25, 0.3) is 0 Å². The summed E-state index contributed by atoms with van der Waals surface area (Å²) >= 11 is 0. The third kappa shape index (κ3) is 4.17. The van der Waals surface area contributed by atoms with Crippen molar-refractivity contribution < 1.29 is 9.90 Å². The highest BCUT2D eigenvalue weighted by Crippen LogP contribution is 2.39. The molecule has 0 unspecified atom stereocenters. The Kier molecular flexibility index (Phi) is 5.42. The van der Waals surface area contributed by atoms with E-state index in [2.05, 4.69) is 17.0 Å². The zero-order chi connectivity index (χ0) is 16.1. The Hall–Kier alpha value is -1.29. The van der Waals surface area contributed by atoms with Gasteiger partial charge < -0.3 is 14.6 Å². The maximum absolute atomic E-state index is 12.4. The van der Waals surface area contributed by atoms with Crippen molar-refractivity contribution in [1.82, 2.24) is 9.47 Å². The van der Waals surface area contributed by atoms with Gasteiger partial charge in [-0.3, -0.25) is 4.79 Å². The molecule has 1 aliphatic heterocycles. The van der Waals surface area contributed by atoms with Crippen LogP contribution < -0.4 is 0 Å². The molecular formula is C19H30N2O2. The molecule has 1 saturated carbocycles. The molecular weight excluding hydrogens is 288 g/mol. The van der Waals surface area contributed by atoms with Gasteiger partial charge in [-0.1, -0.05) is 19.3 Å². The highest BCUT2D eigenvalue weighted by molar-refractivity contribution is 5.76. The number of carbonyl (C=O) groups excluding carboxylic acids is 1. The van der Waals surface area contributed by atoms with Crippen molar-refractivity contribution in [3.8, 4) is 0 Å². The average Bonchev–Trinajstić information content (AvgIpc) is 3.07. The molecule has 1 saturated heterocycles. The average molecular weight is 318 g/mol. The third-order valence-electron chi connectivity index (χ3n) is 5.75. The molecule has 2 atom stereocenters. The van der Waals surface area contributed by atoms with Gasteiger partial charge in [-0.15, -0.1) is 0 Å². The van der Waals surface area contributed by atoms with Gasteiger partial charge >= 0.3 is 0 Å². The number of hydrogen-bond donors (Lipinski definition) is 1. The van der Waals surface area contributed by atoms with Crippen molar-refractivity contribution in [1.29, 1.82) is 0 Å². The van der Waals surface area contributed by atoms with Crippen LogP contribution in [0, 0.1) is 5.92 Å². The monoisotopic (exact) mass is 318 g/mol. The highest BCUT2D eigenvalue weighted by Gasteiger charge is 2.43. The number of piperidine rings is 1. The van der Waals surface area contributed by atoms with Crippen LogP contribution in [0.25, 0.3) is 0 Å². The van der Waals surface area contributed by atoms with Gasteiger partial charge in [-0.25, -0.2) is 0 Å². The number of aromatic nitrogens is 1. The van der Waals surface area contributed by atoms with Gasteiger partial charge in [0, 0.05) is 44.4 Å². The topological polar surface area (TPSA) is 45.5 Å². The first-order valence-electron chi connectivity index (χ1n) is 9.28. The molecule has 1 amide bonds. The van der Waals surface area contributed by atoms with Crippen LogP contribution in [0.3, 0.4) is 0 Å². The summed E-state index contributed by atoms with van der Waals surface area (Å²) in [5.41, 5.74) is -0.480. The van der Waals surface area contributed by atoms with Gasteiger partial charge in [-0.2, -0.15) is 0 Å². The summed E-state index contributed by atoms with van der Waals surface area (Å²) in [7, 11) is 0. The Morgan fingerprint density at radius 1 is 1.13 bits per heavy atom. The molecule has 4 nitrogen and oxygen atoms in total. The van der Waals surface area contributed by atoms with E-state index in [9.17, 15) is 9.90 Å². The molecule has 1 aromatic rings. The first-order valence-corrected chi connectivity index (χ1v) is 9.28. The summed E-state index contributed by atoms with van der Waals surface area (Å²) in [6.45, 7) is 2.56. The number of aliphatic hydroxyl groups is 1. The van der Waals surface area contributed by atoms with Gasteiger partial charge in [0.1, 0.15) is 0 Å². The number of likely N-dealkylation sites (tertiary alicyclic amines) is 1. The van der Waals surface area contributed by atoms with Crippen molar-refractivity contribution in [3.63, 3.8) is 0 Å². The van der Waals surface area contributed by atoms with Crippen LogP contribution in [0.1, 0.15) is 57.8 Å². The minimum atomic E-state index is -0.480. The van der Waals surface area contributed by atoms with E-state index in [0.29, 0.717) is 18.2 Å². The minimum Gasteiger partial charge on any atom is -0.389 e. The van der Waals surface area contributed by atoms with E-state index in [1.807, 2.05) is 17.0 Å². The molecule has 4 heteroatoms. The van der Waals surface area contributed by atoms with E-state index in [-0.39, 0.29) is 0 Å². The lowest BCUT2D eigenvalue weighted by molar-refractivity contribution is -0.143. The first-order chi connectivity index (χ1) is 11.2. The van der Waals surface area contributed by atoms with Crippen molar-refractivity contribution in [2.75, 3.05) is 13.1 Å². The standard InChI is InChI=1S/C19H30N2O2/c22-18(9-2-1-5-12-20-13-6-7-14-20)21-15-11-19(23)10-4-3-8-17(19)16-21/h6-7,13-14,17,23H,1-5,8-12,15-16H2/t17-,19+/m1/s1. The molecule has 2 aliphatic rings. The van der Waals surface area contributed by atoms with Crippen LogP contribution in [-0.2, 0) is 11.3 Å². The zero-order valence-electron chi connectivity index (χ0n) is 14.1. The minimum absolute atomic E-state index is 0.290. The lowest BCUT2D eigenvalue weighted by Crippen LogP contribution is -2.54. The van der Waals surface area contributed by atoms with Crippen LogP contribution >= 0.6 is 0 Å². The van der Waals surface area contributed by atoms with E-state index >= 15 is 0 Å². The van der Waals surface area contributed by atoms with Crippen molar-refractivity contribution in [2.24, 2.45) is 5.92 Å². The van der Waals surface area contributed by atoms with E-state index < -0.39 is 5.60 Å². The normalized spacial score (nSPS) is 27.7. The number of hydrogen-bond acceptors (Lipinski definition) is 2. The summed E-state index contributed by atoms with van der Waals surface area (Å²) in [6.07, 6.45) is 13.2. The maximum atomic E-state index is 12.4. The van der Waals surface area contributed by atoms with Crippen LogP contribution in [0.5, 0.6) is 0 Å². The van der Waals surface area contributed by atoms with Crippen LogP contribution in [0.4, 0.5) is 0 Å². The first kappa shape index (κ1) is 16.6. The Morgan fingerprint density at radius 3 is 2.78 bits per heavy atom. The number of nitrogens with zero attached hydrogens (tertiary/aromatic N) is 2. The molecule has 0 aromatic carbocycles. The molecule has 2 heterocycles. The SMILES string of the molecule is O=C(CCCCCn1cccc1)N1CC[C@@]2(O)CCCC[C@@H]2C1. The zero-order valence-corrected chi connectivity index (χ0v) is 14.1. The molecule has 2 fully saturated rings. The molecule has 0 radical (unpaired) electrons. The van der Waals surface area contributed by atoms with Gasteiger partial charge in [0.15, 0.2) is 0 Å². The van der Waals surface area contributed by atoms with E-state index in [1.54, 1.807) is 0 Å². The number of fused-ring (bicyclic) bond motifs is 1. The molecule has 0 spiro atoms. The Bertz CT molecular complexity index is 499. The van der Waals surface area contributed by atoms with Crippen molar-refractivity contribution in [3.05, 3.63) is 24.5 Å². The summed E-state index contributed by atoms with van der Waals surface area (Å²) in [6, 6.07) is 4.10. The molecule has 1 aliphatic carbocycles. The highest BCUT2D eigenvalue weighted by atomic mass is 16.3. The smallest absolute Gasteiger partial charge is 0.222 e. The maximum Gasteiger partial charge on any atom is 0.222 e. The number of amides is 1. The molecule has 23 heavy (non-hydrogen) atoms. The van der Waals surface area contributed by atoms with Crippen LogP contribution in [-0.4, -0.2) is 39.2 Å². The van der Waals surface area contributed by atoms with Crippen LogP contribution in [0.15, 0.2) is 24.5 Å². The molecule has 0 bridgehead atoms. The molecule has 3 rings (SSSR count). The lowest BCUT2D eigenvalue weighted by atomic mass is 9.71. The van der Waals surface area contributed by atoms with Crippen molar-refractivity contribution in [2.45, 2.75) is 69.9 Å². The van der Waals surface area contributed by atoms with Gasteiger partial charge in [0.2, 0.25) is 5.91 Å². The molecule has 1 aromatic heterocycles. The lowest BCUT2D eigenvalue weighted by Gasteiger charge is -2.47. The number of rotatable bonds is 6. The van der Waals surface area contributed by atoms with Crippen molar-refractivity contribution >= 4 is 5.91 Å². The fraction of sp³-hybridized carbons (Fsp3) is 0.737.